The van der Waals surface area contributed by atoms with Crippen molar-refractivity contribution in [1.82, 2.24) is 15.0 Å². The van der Waals surface area contributed by atoms with E-state index in [9.17, 15) is 8.78 Å². The molecule has 0 bridgehead atoms. The van der Waals surface area contributed by atoms with E-state index in [4.69, 9.17) is 9.63 Å². The molecule has 1 heterocycles. The molecule has 0 radical (unpaired) electrons. The van der Waals surface area contributed by atoms with E-state index in [1.54, 1.807) is 0 Å². The lowest BCUT2D eigenvalue weighted by Crippen LogP contribution is -2.20. The van der Waals surface area contributed by atoms with E-state index in [0.29, 0.717) is 12.2 Å². The molecule has 0 aliphatic heterocycles. The van der Waals surface area contributed by atoms with Crippen LogP contribution < -0.4 is 0 Å². The summed E-state index contributed by atoms with van der Waals surface area (Å²) in [5.41, 5.74) is 0. The van der Waals surface area contributed by atoms with Crippen LogP contribution in [0, 0.1) is 0 Å². The maximum Gasteiger partial charge on any atom is 0.264 e. The summed E-state index contributed by atoms with van der Waals surface area (Å²) in [5, 5.41) is 12.6. The first-order valence-electron chi connectivity index (χ1n) is 4.91. The highest BCUT2D eigenvalue weighted by Crippen LogP contribution is 2.08. The first-order valence-corrected chi connectivity index (χ1v) is 4.91. The van der Waals surface area contributed by atoms with Crippen molar-refractivity contribution < 1.29 is 18.4 Å². The van der Waals surface area contributed by atoms with Crippen molar-refractivity contribution in [2.45, 2.75) is 25.4 Å². The topological polar surface area (TPSA) is 62.4 Å². The Morgan fingerprint density at radius 3 is 2.69 bits per heavy atom. The van der Waals surface area contributed by atoms with Crippen molar-refractivity contribution in [3.63, 3.8) is 0 Å². The predicted octanol–water partition coefficient (Wildman–Crippen LogP) is 0.342. The molecule has 0 saturated carbocycles. The second-order valence-corrected chi connectivity index (χ2v) is 3.76. The number of aliphatic hydroxyl groups excluding tert-OH is 1. The average molecular weight is 235 g/mol. The number of rotatable bonds is 6. The van der Waals surface area contributed by atoms with E-state index in [1.165, 1.54) is 0 Å². The highest BCUT2D eigenvalue weighted by Gasteiger charge is 2.20. The van der Waals surface area contributed by atoms with Crippen molar-refractivity contribution in [2.24, 2.45) is 0 Å². The van der Waals surface area contributed by atoms with E-state index in [2.05, 4.69) is 10.1 Å². The van der Waals surface area contributed by atoms with E-state index in [-0.39, 0.29) is 12.3 Å². The van der Waals surface area contributed by atoms with Crippen LogP contribution in [0.2, 0.25) is 0 Å². The number of hydrogen-bond donors (Lipinski definition) is 1. The normalized spacial score (nSPS) is 13.7. The summed E-state index contributed by atoms with van der Waals surface area (Å²) in [5.74, 6) is 0.506. The minimum atomic E-state index is -2.79. The fraction of sp³-hybridized carbons (Fsp3) is 0.778. The molecule has 1 rings (SSSR count). The van der Waals surface area contributed by atoms with Gasteiger partial charge < -0.3 is 14.5 Å². The van der Waals surface area contributed by atoms with Gasteiger partial charge in [0.05, 0.1) is 6.42 Å². The predicted molar refractivity (Wildman–Crippen MR) is 52.3 cm³/mol. The molecule has 7 heteroatoms. The van der Waals surface area contributed by atoms with Gasteiger partial charge in [0.25, 0.3) is 6.43 Å². The van der Waals surface area contributed by atoms with Gasteiger partial charge in [0.2, 0.25) is 5.89 Å². The standard InChI is InChI=1S/C9H15F2N3O2/c1-14(2)4-3-7-12-8(16-13-7)5-6(15)9(10)11/h6,9,15H,3-5H2,1-2H3. The summed E-state index contributed by atoms with van der Waals surface area (Å²) in [6, 6.07) is 0. The first-order chi connectivity index (χ1) is 7.49. The van der Waals surface area contributed by atoms with Crippen LogP contribution >= 0.6 is 0 Å². The number of hydrogen-bond acceptors (Lipinski definition) is 5. The third kappa shape index (κ3) is 4.19. The Morgan fingerprint density at radius 1 is 1.44 bits per heavy atom. The number of nitrogens with zero attached hydrogens (tertiary/aromatic N) is 3. The minimum Gasteiger partial charge on any atom is -0.387 e. The Labute approximate surface area is 92.1 Å². The number of halogens is 2. The third-order valence-electron chi connectivity index (χ3n) is 1.97. The summed E-state index contributed by atoms with van der Waals surface area (Å²) < 4.78 is 28.8. The van der Waals surface area contributed by atoms with E-state index < -0.39 is 12.5 Å². The number of alkyl halides is 2. The van der Waals surface area contributed by atoms with Gasteiger partial charge >= 0.3 is 0 Å². The summed E-state index contributed by atoms with van der Waals surface area (Å²) in [6.45, 7) is 0.746. The molecule has 16 heavy (non-hydrogen) atoms. The molecule has 92 valence electrons. The van der Waals surface area contributed by atoms with Crippen molar-refractivity contribution in [2.75, 3.05) is 20.6 Å². The second kappa shape index (κ2) is 5.86. The lowest BCUT2D eigenvalue weighted by Gasteiger charge is -2.05. The molecule has 0 aromatic carbocycles. The van der Waals surface area contributed by atoms with Crippen LogP contribution in [-0.4, -0.2) is 53.3 Å². The molecule has 0 aliphatic carbocycles. The monoisotopic (exact) mass is 235 g/mol. The zero-order valence-electron chi connectivity index (χ0n) is 9.23. The molecule has 5 nitrogen and oxygen atoms in total. The van der Waals surface area contributed by atoms with Gasteiger partial charge in [-0.1, -0.05) is 5.16 Å². The minimum absolute atomic E-state index is 0.0431. The van der Waals surface area contributed by atoms with Crippen molar-refractivity contribution in [3.05, 3.63) is 11.7 Å². The van der Waals surface area contributed by atoms with Crippen LogP contribution in [0.1, 0.15) is 11.7 Å². The molecule has 1 unspecified atom stereocenters. The van der Waals surface area contributed by atoms with Crippen LogP contribution in [0.5, 0.6) is 0 Å². The summed E-state index contributed by atoms with van der Waals surface area (Å²) in [7, 11) is 3.81. The van der Waals surface area contributed by atoms with Crippen molar-refractivity contribution in [1.29, 1.82) is 0 Å². The van der Waals surface area contributed by atoms with Crippen molar-refractivity contribution >= 4 is 0 Å². The summed E-state index contributed by atoms with van der Waals surface area (Å²) >= 11 is 0. The molecule has 0 spiro atoms. The molecule has 0 aliphatic rings. The number of aliphatic hydroxyl groups is 1. The van der Waals surface area contributed by atoms with E-state index in [0.717, 1.165) is 6.54 Å². The fourth-order valence-corrected chi connectivity index (χ4v) is 1.07. The molecular weight excluding hydrogens is 220 g/mol. The fourth-order valence-electron chi connectivity index (χ4n) is 1.07. The van der Waals surface area contributed by atoms with Crippen molar-refractivity contribution in [3.8, 4) is 0 Å². The van der Waals surface area contributed by atoms with E-state index in [1.807, 2.05) is 19.0 Å². The van der Waals surface area contributed by atoms with Gasteiger partial charge in [-0.25, -0.2) is 8.78 Å². The highest BCUT2D eigenvalue weighted by molar-refractivity contribution is 4.89. The number of aromatic nitrogens is 2. The van der Waals surface area contributed by atoms with Crippen LogP contribution in [0.4, 0.5) is 8.78 Å². The Morgan fingerprint density at radius 2 is 2.12 bits per heavy atom. The van der Waals surface area contributed by atoms with E-state index >= 15 is 0 Å². The Hall–Kier alpha value is -1.08. The van der Waals surface area contributed by atoms with Crippen LogP contribution in [-0.2, 0) is 12.8 Å². The van der Waals surface area contributed by atoms with Gasteiger partial charge in [0.1, 0.15) is 6.10 Å². The zero-order valence-corrected chi connectivity index (χ0v) is 9.23. The largest absolute Gasteiger partial charge is 0.387 e. The summed E-state index contributed by atoms with van der Waals surface area (Å²) in [6.07, 6.45) is -4.27. The molecule has 1 atom stereocenters. The molecular formula is C9H15F2N3O2. The highest BCUT2D eigenvalue weighted by atomic mass is 19.3. The Balaban J connectivity index is 2.45. The summed E-state index contributed by atoms with van der Waals surface area (Å²) in [4.78, 5) is 5.86. The molecule has 0 fully saturated rings. The van der Waals surface area contributed by atoms with Gasteiger partial charge in [-0.05, 0) is 14.1 Å². The van der Waals surface area contributed by atoms with Gasteiger partial charge in [-0.15, -0.1) is 0 Å². The molecule has 1 aromatic rings. The van der Waals surface area contributed by atoms with Gasteiger partial charge in [0.15, 0.2) is 5.82 Å². The molecule has 1 aromatic heterocycles. The lowest BCUT2D eigenvalue weighted by atomic mass is 10.2. The van der Waals surface area contributed by atoms with Gasteiger partial charge in [-0.2, -0.15) is 4.98 Å². The van der Waals surface area contributed by atoms with Gasteiger partial charge in [0, 0.05) is 13.0 Å². The third-order valence-corrected chi connectivity index (χ3v) is 1.97. The average Bonchev–Trinajstić information content (AvgIpc) is 2.62. The Kier molecular flexibility index (Phi) is 4.75. The SMILES string of the molecule is CN(C)CCc1noc(CC(O)C(F)F)n1. The zero-order chi connectivity index (χ0) is 12.1. The smallest absolute Gasteiger partial charge is 0.264 e. The molecule has 0 amide bonds. The Bertz CT molecular complexity index is 317. The maximum atomic E-state index is 12.0. The van der Waals surface area contributed by atoms with Crippen LogP contribution in [0.3, 0.4) is 0 Å². The lowest BCUT2D eigenvalue weighted by molar-refractivity contribution is -0.00754. The number of likely N-dealkylation sites (N-methyl/N-ethyl adjacent to an activating group) is 1. The molecule has 0 saturated heterocycles. The maximum absolute atomic E-state index is 12.0. The second-order valence-electron chi connectivity index (χ2n) is 3.76. The molecule has 1 N–H and O–H groups in total. The van der Waals surface area contributed by atoms with Crippen LogP contribution in [0.25, 0.3) is 0 Å². The first kappa shape index (κ1) is 13.0. The quantitative estimate of drug-likeness (QED) is 0.770. The van der Waals surface area contributed by atoms with Gasteiger partial charge in [-0.3, -0.25) is 0 Å². The van der Waals surface area contributed by atoms with Crippen LogP contribution in [0.15, 0.2) is 4.52 Å².